The summed E-state index contributed by atoms with van der Waals surface area (Å²) in [5.41, 5.74) is 1.25. The van der Waals surface area contributed by atoms with Crippen LogP contribution in [0, 0.1) is 0 Å². The molecule has 88 valence electrons. The molecule has 2 heterocycles. The van der Waals surface area contributed by atoms with Crippen LogP contribution in [-0.2, 0) is 11.3 Å². The Morgan fingerprint density at radius 1 is 1.50 bits per heavy atom. The molecule has 0 radical (unpaired) electrons. The first-order chi connectivity index (χ1) is 7.79. The van der Waals surface area contributed by atoms with Gasteiger partial charge in [-0.15, -0.1) is 0 Å². The predicted octanol–water partition coefficient (Wildman–Crippen LogP) is 0.663. The third-order valence-corrected chi connectivity index (χ3v) is 2.97. The molecule has 0 aromatic carbocycles. The van der Waals surface area contributed by atoms with Crippen molar-refractivity contribution >= 4 is 0 Å². The van der Waals surface area contributed by atoms with E-state index in [-0.39, 0.29) is 12.7 Å². The lowest BCUT2D eigenvalue weighted by Gasteiger charge is -2.37. The Labute approximate surface area is 95.9 Å². The van der Waals surface area contributed by atoms with Crippen LogP contribution in [0.3, 0.4) is 0 Å². The van der Waals surface area contributed by atoms with Gasteiger partial charge in [0.15, 0.2) is 0 Å². The third kappa shape index (κ3) is 2.78. The first-order valence-electron chi connectivity index (χ1n) is 5.65. The summed E-state index contributed by atoms with van der Waals surface area (Å²) in [7, 11) is 0. The Balaban J connectivity index is 1.97. The van der Waals surface area contributed by atoms with Crippen LogP contribution in [0.15, 0.2) is 24.5 Å². The van der Waals surface area contributed by atoms with Gasteiger partial charge >= 0.3 is 0 Å². The molecule has 0 amide bonds. The van der Waals surface area contributed by atoms with Gasteiger partial charge in [0.25, 0.3) is 0 Å². The minimum absolute atomic E-state index is 0.0435. The van der Waals surface area contributed by atoms with E-state index in [9.17, 15) is 0 Å². The van der Waals surface area contributed by atoms with E-state index < -0.39 is 0 Å². The maximum absolute atomic E-state index is 9.10. The van der Waals surface area contributed by atoms with Crippen LogP contribution in [0.1, 0.15) is 12.5 Å². The molecule has 4 heteroatoms. The standard InChI is InChI=1S/C12H18N2O2/c1-10-9-16-12(8-15)7-14(10)6-11-2-4-13-5-3-11/h2-5,10,12,15H,6-9H2,1H3. The van der Waals surface area contributed by atoms with Gasteiger partial charge in [-0.3, -0.25) is 9.88 Å². The van der Waals surface area contributed by atoms with Crippen molar-refractivity contribution in [3.63, 3.8) is 0 Å². The van der Waals surface area contributed by atoms with Crippen molar-refractivity contribution < 1.29 is 9.84 Å². The number of hydrogen-bond acceptors (Lipinski definition) is 4. The van der Waals surface area contributed by atoms with Gasteiger partial charge in [0.1, 0.15) is 0 Å². The molecule has 2 unspecified atom stereocenters. The Hall–Kier alpha value is -0.970. The third-order valence-electron chi connectivity index (χ3n) is 2.97. The summed E-state index contributed by atoms with van der Waals surface area (Å²) in [5, 5.41) is 9.10. The van der Waals surface area contributed by atoms with Gasteiger partial charge in [-0.05, 0) is 24.6 Å². The summed E-state index contributed by atoms with van der Waals surface area (Å²) in [4.78, 5) is 6.34. The number of aromatic nitrogens is 1. The monoisotopic (exact) mass is 222 g/mol. The van der Waals surface area contributed by atoms with Gasteiger partial charge in [-0.1, -0.05) is 0 Å². The highest BCUT2D eigenvalue weighted by Gasteiger charge is 2.25. The number of morpholine rings is 1. The van der Waals surface area contributed by atoms with E-state index in [1.165, 1.54) is 5.56 Å². The Morgan fingerprint density at radius 3 is 2.94 bits per heavy atom. The number of pyridine rings is 1. The molecule has 4 nitrogen and oxygen atoms in total. The lowest BCUT2D eigenvalue weighted by molar-refractivity contribution is -0.0805. The number of rotatable bonds is 3. The number of nitrogens with zero attached hydrogens (tertiary/aromatic N) is 2. The fraction of sp³-hybridized carbons (Fsp3) is 0.583. The van der Waals surface area contributed by atoms with Crippen LogP contribution in [-0.4, -0.2) is 46.9 Å². The number of hydrogen-bond donors (Lipinski definition) is 1. The van der Waals surface area contributed by atoms with Crippen molar-refractivity contribution in [1.29, 1.82) is 0 Å². The van der Waals surface area contributed by atoms with E-state index in [1.807, 2.05) is 24.5 Å². The quantitative estimate of drug-likeness (QED) is 0.816. The molecule has 16 heavy (non-hydrogen) atoms. The summed E-state index contributed by atoms with van der Waals surface area (Å²) in [6.07, 6.45) is 3.58. The summed E-state index contributed by atoms with van der Waals surface area (Å²) in [6, 6.07) is 4.45. The first-order valence-corrected chi connectivity index (χ1v) is 5.65. The average molecular weight is 222 g/mol. The molecule has 0 aliphatic carbocycles. The van der Waals surface area contributed by atoms with Gasteiger partial charge in [-0.2, -0.15) is 0 Å². The second-order valence-corrected chi connectivity index (χ2v) is 4.27. The van der Waals surface area contributed by atoms with Crippen molar-refractivity contribution in [3.05, 3.63) is 30.1 Å². The molecule has 1 N–H and O–H groups in total. The van der Waals surface area contributed by atoms with Crippen LogP contribution in [0.2, 0.25) is 0 Å². The van der Waals surface area contributed by atoms with Gasteiger partial charge in [-0.25, -0.2) is 0 Å². The topological polar surface area (TPSA) is 45.6 Å². The molecule has 0 spiro atoms. The summed E-state index contributed by atoms with van der Waals surface area (Å²) >= 11 is 0. The Bertz CT molecular complexity index is 318. The van der Waals surface area contributed by atoms with Crippen LogP contribution in [0.4, 0.5) is 0 Å². The summed E-state index contributed by atoms with van der Waals surface area (Å²) < 4.78 is 5.50. The van der Waals surface area contributed by atoms with E-state index in [2.05, 4.69) is 16.8 Å². The average Bonchev–Trinajstić information content (AvgIpc) is 2.33. The van der Waals surface area contributed by atoms with Gasteiger partial charge in [0.2, 0.25) is 0 Å². The van der Waals surface area contributed by atoms with Crippen LogP contribution < -0.4 is 0 Å². The van der Waals surface area contributed by atoms with Crippen LogP contribution in [0.25, 0.3) is 0 Å². The smallest absolute Gasteiger partial charge is 0.0933 e. The molecular weight excluding hydrogens is 204 g/mol. The Morgan fingerprint density at radius 2 is 2.25 bits per heavy atom. The molecule has 0 bridgehead atoms. The van der Waals surface area contributed by atoms with Crippen molar-refractivity contribution in [3.8, 4) is 0 Å². The van der Waals surface area contributed by atoms with E-state index in [0.717, 1.165) is 13.1 Å². The molecule has 2 rings (SSSR count). The summed E-state index contributed by atoms with van der Waals surface area (Å²) in [6.45, 7) is 4.62. The lowest BCUT2D eigenvalue weighted by Crippen LogP contribution is -2.48. The van der Waals surface area contributed by atoms with E-state index in [0.29, 0.717) is 12.6 Å². The fourth-order valence-electron chi connectivity index (χ4n) is 1.93. The summed E-state index contributed by atoms with van der Waals surface area (Å²) in [5.74, 6) is 0. The van der Waals surface area contributed by atoms with Crippen molar-refractivity contribution in [2.45, 2.75) is 25.6 Å². The molecule has 1 aliphatic rings. The van der Waals surface area contributed by atoms with Crippen molar-refractivity contribution in [2.75, 3.05) is 19.8 Å². The molecule has 1 aromatic rings. The molecule has 1 aromatic heterocycles. The number of aliphatic hydroxyl groups excluding tert-OH is 1. The SMILES string of the molecule is CC1COC(CO)CN1Cc1ccncc1. The zero-order chi connectivity index (χ0) is 11.4. The molecule has 2 atom stereocenters. The Kier molecular flexibility index (Phi) is 3.88. The maximum atomic E-state index is 9.10. The zero-order valence-corrected chi connectivity index (χ0v) is 9.54. The number of ether oxygens (including phenoxy) is 1. The van der Waals surface area contributed by atoms with Gasteiger partial charge in [0, 0.05) is 31.5 Å². The zero-order valence-electron chi connectivity index (χ0n) is 9.54. The highest BCUT2D eigenvalue weighted by Crippen LogP contribution is 2.14. The van der Waals surface area contributed by atoms with Gasteiger partial charge in [0.05, 0.1) is 19.3 Å². The minimum Gasteiger partial charge on any atom is -0.394 e. The first kappa shape index (κ1) is 11.5. The van der Waals surface area contributed by atoms with Crippen molar-refractivity contribution in [2.24, 2.45) is 0 Å². The maximum Gasteiger partial charge on any atom is 0.0933 e. The molecule has 1 aliphatic heterocycles. The fourth-order valence-corrected chi connectivity index (χ4v) is 1.93. The largest absolute Gasteiger partial charge is 0.394 e. The molecule has 1 fully saturated rings. The second-order valence-electron chi connectivity index (χ2n) is 4.27. The second kappa shape index (κ2) is 5.39. The van der Waals surface area contributed by atoms with Crippen molar-refractivity contribution in [1.82, 2.24) is 9.88 Å². The van der Waals surface area contributed by atoms with Crippen LogP contribution in [0.5, 0.6) is 0 Å². The van der Waals surface area contributed by atoms with Crippen LogP contribution >= 0.6 is 0 Å². The molecule has 0 saturated carbocycles. The lowest BCUT2D eigenvalue weighted by atomic mass is 10.1. The van der Waals surface area contributed by atoms with E-state index in [1.54, 1.807) is 0 Å². The van der Waals surface area contributed by atoms with E-state index in [4.69, 9.17) is 9.84 Å². The molecular formula is C12H18N2O2. The molecule has 1 saturated heterocycles. The minimum atomic E-state index is -0.0435. The highest BCUT2D eigenvalue weighted by atomic mass is 16.5. The van der Waals surface area contributed by atoms with Gasteiger partial charge < -0.3 is 9.84 Å². The predicted molar refractivity (Wildman–Crippen MR) is 60.9 cm³/mol. The number of aliphatic hydroxyl groups is 1. The normalized spacial score (nSPS) is 26.9. The van der Waals surface area contributed by atoms with E-state index >= 15 is 0 Å². The highest BCUT2D eigenvalue weighted by molar-refractivity contribution is 5.09.